The van der Waals surface area contributed by atoms with E-state index in [0.717, 1.165) is 0 Å². The SMILES string of the molecule is COC(=O)c1nc(-c2nc([C@H](CSC(C)(C)C)NC(=O)OC(C)(C)C)oc2C)oc1C. The number of hydrogen-bond acceptors (Lipinski definition) is 9. The Bertz CT molecular complexity index is 936. The number of rotatable bonds is 6. The molecule has 0 unspecified atom stereocenters. The Hall–Kier alpha value is -2.49. The molecular formula is C21H31N3O6S. The summed E-state index contributed by atoms with van der Waals surface area (Å²) in [6.07, 6.45) is -0.565. The fourth-order valence-corrected chi connectivity index (χ4v) is 3.40. The first-order valence-electron chi connectivity index (χ1n) is 9.87. The van der Waals surface area contributed by atoms with Crippen LogP contribution in [-0.2, 0) is 9.47 Å². The molecule has 0 spiro atoms. The molecule has 0 radical (unpaired) electrons. The predicted molar refractivity (Wildman–Crippen MR) is 117 cm³/mol. The minimum Gasteiger partial charge on any atom is -0.464 e. The van der Waals surface area contributed by atoms with Crippen molar-refractivity contribution in [1.29, 1.82) is 0 Å². The van der Waals surface area contributed by atoms with E-state index < -0.39 is 23.7 Å². The van der Waals surface area contributed by atoms with E-state index in [1.54, 1.807) is 46.4 Å². The highest BCUT2D eigenvalue weighted by atomic mass is 32.2. The number of nitrogens with one attached hydrogen (secondary N) is 1. The summed E-state index contributed by atoms with van der Waals surface area (Å²) in [7, 11) is 1.27. The number of esters is 1. The zero-order valence-corrected chi connectivity index (χ0v) is 20.4. The van der Waals surface area contributed by atoms with Gasteiger partial charge in [0.15, 0.2) is 11.4 Å². The lowest BCUT2D eigenvalue weighted by atomic mass is 10.2. The van der Waals surface area contributed by atoms with Crippen molar-refractivity contribution < 1.29 is 27.9 Å². The molecular weight excluding hydrogens is 422 g/mol. The fraction of sp³-hybridized carbons (Fsp3) is 0.619. The van der Waals surface area contributed by atoms with E-state index in [9.17, 15) is 9.59 Å². The average Bonchev–Trinajstić information content (AvgIpc) is 3.18. The number of thioether (sulfide) groups is 1. The molecule has 0 aliphatic rings. The molecule has 9 nitrogen and oxygen atoms in total. The number of amides is 1. The van der Waals surface area contributed by atoms with Gasteiger partial charge >= 0.3 is 12.1 Å². The molecule has 0 saturated heterocycles. The zero-order valence-electron chi connectivity index (χ0n) is 19.5. The summed E-state index contributed by atoms with van der Waals surface area (Å²) >= 11 is 1.65. The maximum absolute atomic E-state index is 12.4. The lowest BCUT2D eigenvalue weighted by Crippen LogP contribution is -2.36. The van der Waals surface area contributed by atoms with E-state index in [-0.39, 0.29) is 16.3 Å². The van der Waals surface area contributed by atoms with Gasteiger partial charge in [0.05, 0.1) is 7.11 Å². The number of oxazole rings is 2. The van der Waals surface area contributed by atoms with Gasteiger partial charge in [-0.05, 0) is 34.6 Å². The van der Waals surface area contributed by atoms with Gasteiger partial charge in [0, 0.05) is 10.5 Å². The molecule has 1 N–H and O–H groups in total. The van der Waals surface area contributed by atoms with Crippen molar-refractivity contribution in [2.45, 2.75) is 71.8 Å². The quantitative estimate of drug-likeness (QED) is 0.614. The molecule has 0 aliphatic carbocycles. The molecule has 2 rings (SSSR count). The third-order valence-corrected chi connectivity index (χ3v) is 5.23. The van der Waals surface area contributed by atoms with Crippen LogP contribution in [0.15, 0.2) is 8.83 Å². The number of carbonyl (C=O) groups is 2. The van der Waals surface area contributed by atoms with E-state index >= 15 is 0 Å². The molecule has 0 aromatic carbocycles. The highest BCUT2D eigenvalue weighted by Crippen LogP contribution is 2.32. The van der Waals surface area contributed by atoms with Crippen molar-refractivity contribution in [2.75, 3.05) is 12.9 Å². The number of alkyl carbamates (subject to hydrolysis) is 1. The van der Waals surface area contributed by atoms with Gasteiger partial charge in [0.2, 0.25) is 11.8 Å². The molecule has 2 heterocycles. The maximum atomic E-state index is 12.4. The maximum Gasteiger partial charge on any atom is 0.408 e. The van der Waals surface area contributed by atoms with E-state index in [1.165, 1.54) is 7.11 Å². The first kappa shape index (κ1) is 24.8. The molecule has 10 heteroatoms. The van der Waals surface area contributed by atoms with E-state index in [0.29, 0.717) is 28.9 Å². The highest BCUT2D eigenvalue weighted by molar-refractivity contribution is 8.00. The minimum absolute atomic E-state index is 0.0343. The monoisotopic (exact) mass is 453 g/mol. The van der Waals surface area contributed by atoms with Crippen molar-refractivity contribution in [2.24, 2.45) is 0 Å². The van der Waals surface area contributed by atoms with Crippen LogP contribution < -0.4 is 5.32 Å². The topological polar surface area (TPSA) is 117 Å². The molecule has 1 atom stereocenters. The number of hydrogen-bond donors (Lipinski definition) is 1. The van der Waals surface area contributed by atoms with Crippen LogP contribution in [0, 0.1) is 13.8 Å². The zero-order chi connectivity index (χ0) is 23.6. The second kappa shape index (κ2) is 9.33. The largest absolute Gasteiger partial charge is 0.464 e. The Morgan fingerprint density at radius 2 is 1.71 bits per heavy atom. The van der Waals surface area contributed by atoms with Crippen molar-refractivity contribution in [1.82, 2.24) is 15.3 Å². The molecule has 2 aromatic heterocycles. The Balaban J connectivity index is 2.34. The Morgan fingerprint density at radius 1 is 1.06 bits per heavy atom. The summed E-state index contributed by atoms with van der Waals surface area (Å²) in [6.45, 7) is 15.0. The second-order valence-corrected chi connectivity index (χ2v) is 10.8. The van der Waals surface area contributed by atoms with Crippen molar-refractivity contribution in [3.8, 4) is 11.6 Å². The highest BCUT2D eigenvalue weighted by Gasteiger charge is 2.29. The number of carbonyl (C=O) groups excluding carboxylic acids is 2. The van der Waals surface area contributed by atoms with Gasteiger partial charge < -0.3 is 23.6 Å². The summed E-state index contributed by atoms with van der Waals surface area (Å²) < 4.78 is 21.5. The van der Waals surface area contributed by atoms with Crippen molar-refractivity contribution >= 4 is 23.8 Å². The molecule has 31 heavy (non-hydrogen) atoms. The summed E-state index contributed by atoms with van der Waals surface area (Å²) in [6, 6.07) is -0.539. The Labute approximate surface area is 186 Å². The van der Waals surface area contributed by atoms with Crippen LogP contribution >= 0.6 is 11.8 Å². The van der Waals surface area contributed by atoms with Crippen LogP contribution in [0.1, 0.15) is 75.5 Å². The van der Waals surface area contributed by atoms with Crippen LogP contribution in [0.2, 0.25) is 0 Å². The molecule has 0 aliphatic heterocycles. The number of aryl methyl sites for hydroxylation is 2. The summed E-state index contributed by atoms with van der Waals surface area (Å²) in [5, 5.41) is 2.84. The first-order chi connectivity index (χ1) is 14.2. The van der Waals surface area contributed by atoms with Gasteiger partial charge in [-0.2, -0.15) is 11.8 Å². The third-order valence-electron chi connectivity index (χ3n) is 3.86. The van der Waals surface area contributed by atoms with Gasteiger partial charge in [0.25, 0.3) is 0 Å². The van der Waals surface area contributed by atoms with Crippen LogP contribution in [0.25, 0.3) is 11.6 Å². The molecule has 0 saturated carbocycles. The molecule has 1 amide bonds. The van der Waals surface area contributed by atoms with Crippen LogP contribution in [0.3, 0.4) is 0 Å². The number of methoxy groups -OCH3 is 1. The van der Waals surface area contributed by atoms with Crippen LogP contribution in [0.5, 0.6) is 0 Å². The molecule has 0 fully saturated rings. The smallest absolute Gasteiger partial charge is 0.408 e. The minimum atomic E-state index is -0.636. The standard InChI is InChI=1S/C21H31N3O6S/c1-11-14(17-24-15(12(2)29-17)18(25)27-9)23-16(28-11)13(10-31-21(6,7)8)22-19(26)30-20(3,4)5/h13H,10H2,1-9H3,(H,22,26)/t13-/m0/s1. The Kier molecular flexibility index (Phi) is 7.46. The fourth-order valence-electron chi connectivity index (χ4n) is 2.51. The van der Waals surface area contributed by atoms with Crippen molar-refractivity contribution in [3.63, 3.8) is 0 Å². The average molecular weight is 454 g/mol. The summed E-state index contributed by atoms with van der Waals surface area (Å²) in [5.41, 5.74) is -0.207. The normalized spacial score (nSPS) is 13.1. The van der Waals surface area contributed by atoms with Gasteiger partial charge in [-0.1, -0.05) is 20.8 Å². The number of aromatic nitrogens is 2. The third kappa shape index (κ3) is 7.02. The van der Waals surface area contributed by atoms with Crippen LogP contribution in [-0.4, -0.2) is 45.2 Å². The molecule has 172 valence electrons. The van der Waals surface area contributed by atoms with Crippen LogP contribution in [0.4, 0.5) is 4.79 Å². The predicted octanol–water partition coefficient (Wildman–Crippen LogP) is 4.83. The lowest BCUT2D eigenvalue weighted by Gasteiger charge is -2.24. The van der Waals surface area contributed by atoms with Gasteiger partial charge in [-0.3, -0.25) is 0 Å². The lowest BCUT2D eigenvalue weighted by molar-refractivity contribution is 0.0500. The number of nitrogens with zero attached hydrogens (tertiary/aromatic N) is 2. The molecule has 2 aromatic rings. The first-order valence-corrected chi connectivity index (χ1v) is 10.9. The second-order valence-electron chi connectivity index (χ2n) is 8.99. The van der Waals surface area contributed by atoms with Gasteiger partial charge in [-0.15, -0.1) is 0 Å². The van der Waals surface area contributed by atoms with E-state index in [4.69, 9.17) is 18.3 Å². The van der Waals surface area contributed by atoms with E-state index in [2.05, 4.69) is 36.1 Å². The molecule has 0 bridgehead atoms. The van der Waals surface area contributed by atoms with Gasteiger partial charge in [-0.25, -0.2) is 19.6 Å². The number of ether oxygens (including phenoxy) is 2. The summed E-state index contributed by atoms with van der Waals surface area (Å²) in [4.78, 5) is 32.9. The van der Waals surface area contributed by atoms with E-state index in [1.807, 2.05) is 0 Å². The Morgan fingerprint density at radius 3 is 2.26 bits per heavy atom. The van der Waals surface area contributed by atoms with Crippen molar-refractivity contribution in [3.05, 3.63) is 23.1 Å². The van der Waals surface area contributed by atoms with Gasteiger partial charge in [0.1, 0.15) is 23.2 Å². The summed E-state index contributed by atoms with van der Waals surface area (Å²) in [5.74, 6) is 1.12.